The van der Waals surface area contributed by atoms with Gasteiger partial charge in [-0.3, -0.25) is 0 Å². The van der Waals surface area contributed by atoms with Crippen LogP contribution in [0.2, 0.25) is 0 Å². The van der Waals surface area contributed by atoms with Crippen LogP contribution in [0, 0.1) is 6.92 Å². The molecular weight excluding hydrogens is 410 g/mol. The number of fused-ring (bicyclic) bond motifs is 1. The molecule has 33 heavy (non-hydrogen) atoms. The van der Waals surface area contributed by atoms with Crippen LogP contribution in [0.4, 0.5) is 11.6 Å². The van der Waals surface area contributed by atoms with E-state index in [9.17, 15) is 0 Å². The van der Waals surface area contributed by atoms with Gasteiger partial charge in [-0.1, -0.05) is 38.1 Å². The van der Waals surface area contributed by atoms with Crippen molar-refractivity contribution < 1.29 is 4.74 Å². The number of anilines is 2. The van der Waals surface area contributed by atoms with E-state index in [1.54, 1.807) is 0 Å². The van der Waals surface area contributed by atoms with Crippen molar-refractivity contribution >= 4 is 11.6 Å². The Labute approximate surface area is 197 Å². The van der Waals surface area contributed by atoms with Crippen molar-refractivity contribution in [3.8, 4) is 11.3 Å². The minimum atomic E-state index is 0.0686. The quantitative estimate of drug-likeness (QED) is 0.517. The zero-order valence-electron chi connectivity index (χ0n) is 20.6. The Kier molecular flexibility index (Phi) is 6.94. The lowest BCUT2D eigenvalue weighted by atomic mass is 10.1. The van der Waals surface area contributed by atoms with Gasteiger partial charge in [0, 0.05) is 38.4 Å². The third-order valence-electron chi connectivity index (χ3n) is 6.35. The smallest absolute Gasteiger partial charge is 0.148 e. The Hall–Kier alpha value is -2.99. The predicted molar refractivity (Wildman–Crippen MR) is 135 cm³/mol. The minimum absolute atomic E-state index is 0.0686. The van der Waals surface area contributed by atoms with E-state index in [1.165, 1.54) is 11.1 Å². The molecule has 2 heterocycles. The molecule has 1 N–H and O–H groups in total. The van der Waals surface area contributed by atoms with Crippen molar-refractivity contribution in [3.63, 3.8) is 0 Å². The molecule has 0 spiro atoms. The fourth-order valence-electron chi connectivity index (χ4n) is 4.62. The highest BCUT2D eigenvalue weighted by atomic mass is 16.5. The Balaban J connectivity index is 1.74. The van der Waals surface area contributed by atoms with E-state index in [0.717, 1.165) is 59.2 Å². The summed E-state index contributed by atoms with van der Waals surface area (Å²) in [6, 6.07) is 12.8. The van der Waals surface area contributed by atoms with E-state index in [4.69, 9.17) is 19.7 Å². The van der Waals surface area contributed by atoms with Crippen molar-refractivity contribution in [1.29, 1.82) is 0 Å². The number of ether oxygens (including phenoxy) is 1. The summed E-state index contributed by atoms with van der Waals surface area (Å²) < 4.78 is 6.12. The molecule has 0 aliphatic heterocycles. The number of rotatable bonds is 8. The van der Waals surface area contributed by atoms with E-state index in [-0.39, 0.29) is 12.1 Å². The predicted octanol–water partition coefficient (Wildman–Crippen LogP) is 5.15. The van der Waals surface area contributed by atoms with Crippen LogP contribution in [0.25, 0.3) is 11.3 Å². The number of aryl methyl sites for hydroxylation is 3. The summed E-state index contributed by atoms with van der Waals surface area (Å²) in [7, 11) is 4.01. The lowest BCUT2D eigenvalue weighted by Gasteiger charge is -2.24. The number of pyridine rings is 1. The van der Waals surface area contributed by atoms with Gasteiger partial charge in [-0.2, -0.15) is 0 Å². The maximum absolute atomic E-state index is 6.12. The summed E-state index contributed by atoms with van der Waals surface area (Å²) in [6.07, 6.45) is 2.60. The van der Waals surface area contributed by atoms with Gasteiger partial charge in [0.25, 0.3) is 0 Å². The van der Waals surface area contributed by atoms with Crippen molar-refractivity contribution in [2.75, 3.05) is 30.9 Å². The molecule has 6 nitrogen and oxygen atoms in total. The van der Waals surface area contributed by atoms with Gasteiger partial charge in [0.1, 0.15) is 11.6 Å². The number of aromatic nitrogens is 3. The van der Waals surface area contributed by atoms with Gasteiger partial charge >= 0.3 is 0 Å². The highest BCUT2D eigenvalue weighted by Gasteiger charge is 2.33. The fraction of sp³-hybridized carbons (Fsp3) is 0.444. The number of benzene rings is 1. The summed E-state index contributed by atoms with van der Waals surface area (Å²) in [4.78, 5) is 17.0. The molecule has 0 saturated heterocycles. The number of hydrogen-bond donors (Lipinski definition) is 1. The zero-order valence-corrected chi connectivity index (χ0v) is 20.6. The topological polar surface area (TPSA) is 63.2 Å². The summed E-state index contributed by atoms with van der Waals surface area (Å²) in [6.45, 7) is 9.06. The molecule has 1 aliphatic carbocycles. The third-order valence-corrected chi connectivity index (χ3v) is 6.35. The summed E-state index contributed by atoms with van der Waals surface area (Å²) >= 11 is 0. The first-order valence-electron chi connectivity index (χ1n) is 12.0. The van der Waals surface area contributed by atoms with Gasteiger partial charge in [-0.25, -0.2) is 15.0 Å². The van der Waals surface area contributed by atoms with Gasteiger partial charge in [0.05, 0.1) is 29.2 Å². The molecule has 3 aromatic rings. The SMILES string of the molecule is CCOC1Cc2ccccc2C1Nc1nc(CC)c(-c2ccc(N(C)C)nc2C)nc1CC. The van der Waals surface area contributed by atoms with Gasteiger partial charge in [0.2, 0.25) is 0 Å². The summed E-state index contributed by atoms with van der Waals surface area (Å²) in [5, 5.41) is 3.72. The van der Waals surface area contributed by atoms with Crippen LogP contribution in [-0.2, 0) is 24.0 Å². The molecule has 1 aromatic carbocycles. The first-order valence-corrected chi connectivity index (χ1v) is 12.0. The molecule has 1 aliphatic rings. The van der Waals surface area contributed by atoms with Crippen LogP contribution in [0.3, 0.4) is 0 Å². The standard InChI is InChI=1S/C27H35N5O/c1-7-21-25(19-14-15-24(32(5)6)28-17(19)4)29-22(8-2)27(30-21)31-26-20-13-11-10-12-18(20)16-23(26)33-9-3/h10-15,23,26H,7-9,16H2,1-6H3,(H,30,31). The minimum Gasteiger partial charge on any atom is -0.376 e. The second kappa shape index (κ2) is 9.87. The van der Waals surface area contributed by atoms with Crippen molar-refractivity contribution in [3.05, 3.63) is 64.6 Å². The van der Waals surface area contributed by atoms with Crippen LogP contribution < -0.4 is 10.2 Å². The van der Waals surface area contributed by atoms with Gasteiger partial charge in [-0.05, 0) is 49.9 Å². The van der Waals surface area contributed by atoms with E-state index < -0.39 is 0 Å². The number of nitrogens with one attached hydrogen (secondary N) is 1. The summed E-state index contributed by atoms with van der Waals surface area (Å²) in [5.74, 6) is 1.80. The molecule has 0 radical (unpaired) electrons. The Morgan fingerprint density at radius 2 is 1.73 bits per heavy atom. The lowest BCUT2D eigenvalue weighted by Crippen LogP contribution is -2.26. The van der Waals surface area contributed by atoms with E-state index in [2.05, 4.69) is 56.4 Å². The highest BCUT2D eigenvalue weighted by Crippen LogP contribution is 2.37. The largest absolute Gasteiger partial charge is 0.376 e. The van der Waals surface area contributed by atoms with Gasteiger partial charge in [0.15, 0.2) is 0 Å². The van der Waals surface area contributed by atoms with Crippen LogP contribution in [0.15, 0.2) is 36.4 Å². The maximum atomic E-state index is 6.12. The van der Waals surface area contributed by atoms with Gasteiger partial charge < -0.3 is 15.0 Å². The molecule has 0 saturated carbocycles. The van der Waals surface area contributed by atoms with Crippen molar-refractivity contribution in [2.45, 2.75) is 59.1 Å². The van der Waals surface area contributed by atoms with E-state index in [1.807, 2.05) is 32.0 Å². The van der Waals surface area contributed by atoms with Crippen molar-refractivity contribution in [1.82, 2.24) is 15.0 Å². The van der Waals surface area contributed by atoms with Crippen LogP contribution in [-0.4, -0.2) is 41.8 Å². The average Bonchev–Trinajstić information content (AvgIpc) is 3.16. The molecule has 174 valence electrons. The molecular formula is C27H35N5O. The van der Waals surface area contributed by atoms with E-state index in [0.29, 0.717) is 6.61 Å². The Bertz CT molecular complexity index is 1130. The third kappa shape index (κ3) is 4.58. The Morgan fingerprint density at radius 1 is 0.970 bits per heavy atom. The molecule has 0 amide bonds. The summed E-state index contributed by atoms with van der Waals surface area (Å²) in [5.41, 5.74) is 7.53. The van der Waals surface area contributed by atoms with E-state index >= 15 is 0 Å². The van der Waals surface area contributed by atoms with Crippen LogP contribution >= 0.6 is 0 Å². The molecule has 6 heteroatoms. The van der Waals surface area contributed by atoms with Crippen molar-refractivity contribution in [2.24, 2.45) is 0 Å². The first-order chi connectivity index (χ1) is 16.0. The zero-order chi connectivity index (χ0) is 23.5. The van der Waals surface area contributed by atoms with Crippen LogP contribution in [0.1, 0.15) is 55.0 Å². The highest BCUT2D eigenvalue weighted by molar-refractivity contribution is 5.67. The number of nitrogens with zero attached hydrogens (tertiary/aromatic N) is 4. The average molecular weight is 446 g/mol. The van der Waals surface area contributed by atoms with Gasteiger partial charge in [-0.15, -0.1) is 0 Å². The molecule has 0 fully saturated rings. The maximum Gasteiger partial charge on any atom is 0.148 e. The molecule has 2 aromatic heterocycles. The Morgan fingerprint density at radius 3 is 2.39 bits per heavy atom. The fourth-order valence-corrected chi connectivity index (χ4v) is 4.62. The molecule has 2 atom stereocenters. The lowest BCUT2D eigenvalue weighted by molar-refractivity contribution is 0.0573. The van der Waals surface area contributed by atoms with Crippen LogP contribution in [0.5, 0.6) is 0 Å². The first kappa shape index (κ1) is 23.2. The monoisotopic (exact) mass is 445 g/mol. The molecule has 4 rings (SSSR count). The number of hydrogen-bond acceptors (Lipinski definition) is 6. The normalized spacial score (nSPS) is 17.2. The molecule has 2 unspecified atom stereocenters. The second-order valence-corrected chi connectivity index (χ2v) is 8.74. The molecule has 0 bridgehead atoms. The second-order valence-electron chi connectivity index (χ2n) is 8.74.